The minimum Gasteiger partial charge on any atom is -0.391 e. The summed E-state index contributed by atoms with van der Waals surface area (Å²) in [5, 5.41) is 22.2. The molecule has 23 heavy (non-hydrogen) atoms. The number of thiophene rings is 1. The van der Waals surface area contributed by atoms with Crippen LogP contribution in [-0.4, -0.2) is 35.6 Å². The summed E-state index contributed by atoms with van der Waals surface area (Å²) >= 11 is 4.34. The smallest absolute Gasteiger partial charge is 0.247 e. The highest BCUT2D eigenvalue weighted by atomic mass is 79.9. The van der Waals surface area contributed by atoms with Crippen LogP contribution < -0.4 is 15.8 Å². The third-order valence-corrected chi connectivity index (χ3v) is 5.91. The van der Waals surface area contributed by atoms with Gasteiger partial charge in [0.2, 0.25) is 16.0 Å². The summed E-state index contributed by atoms with van der Waals surface area (Å²) in [4.78, 5) is 8.40. The van der Waals surface area contributed by atoms with Gasteiger partial charge in [-0.2, -0.15) is 4.98 Å². The maximum absolute atomic E-state index is 11.3. The van der Waals surface area contributed by atoms with Crippen molar-refractivity contribution in [1.29, 1.82) is 0 Å². The van der Waals surface area contributed by atoms with Crippen LogP contribution in [0.3, 0.4) is 0 Å². The SMILES string of the molecule is C[C@H](O)[C@H](C)Nc1nc(Nc2csc(S(N)(=O)=O)c2)ncc1Br. The van der Waals surface area contributed by atoms with E-state index in [9.17, 15) is 13.5 Å². The zero-order chi connectivity index (χ0) is 17.2. The predicted molar refractivity (Wildman–Crippen MR) is 93.5 cm³/mol. The van der Waals surface area contributed by atoms with Gasteiger partial charge in [-0.25, -0.2) is 18.5 Å². The number of anilines is 3. The first-order chi connectivity index (χ1) is 10.7. The van der Waals surface area contributed by atoms with Gasteiger partial charge in [0.25, 0.3) is 0 Å². The largest absolute Gasteiger partial charge is 0.391 e. The monoisotopic (exact) mass is 421 g/mol. The Balaban J connectivity index is 2.19. The molecule has 2 heterocycles. The number of hydrogen-bond acceptors (Lipinski definition) is 8. The lowest BCUT2D eigenvalue weighted by atomic mass is 10.2. The predicted octanol–water partition coefficient (Wildman–Crippen LogP) is 1.87. The molecule has 0 aliphatic carbocycles. The molecule has 8 nitrogen and oxygen atoms in total. The summed E-state index contributed by atoms with van der Waals surface area (Å²) in [6, 6.07) is 1.21. The molecule has 126 valence electrons. The van der Waals surface area contributed by atoms with Crippen molar-refractivity contribution in [2.45, 2.75) is 30.2 Å². The van der Waals surface area contributed by atoms with Gasteiger partial charge < -0.3 is 15.7 Å². The Bertz CT molecular complexity index is 794. The molecule has 11 heteroatoms. The first-order valence-corrected chi connectivity index (χ1v) is 9.74. The Hall–Kier alpha value is -1.27. The second-order valence-electron chi connectivity index (χ2n) is 4.89. The fraction of sp³-hybridized carbons (Fsp3) is 0.333. The van der Waals surface area contributed by atoms with E-state index in [4.69, 9.17) is 5.14 Å². The minimum atomic E-state index is -3.72. The molecule has 0 saturated heterocycles. The number of sulfonamides is 1. The van der Waals surface area contributed by atoms with Crippen molar-refractivity contribution < 1.29 is 13.5 Å². The second kappa shape index (κ2) is 7.09. The first-order valence-electron chi connectivity index (χ1n) is 6.52. The standard InChI is InChI=1S/C12H16BrN5O3S2/c1-6(7(2)19)16-11-9(13)4-15-12(18-11)17-8-3-10(22-5-8)23(14,20)21/h3-7,19H,1-2H3,(H2,14,20,21)(H2,15,16,17,18)/t6-,7-/m0/s1. The summed E-state index contributed by atoms with van der Waals surface area (Å²) in [7, 11) is -3.72. The molecule has 0 saturated carbocycles. The van der Waals surface area contributed by atoms with Crippen molar-refractivity contribution in [2.75, 3.05) is 10.6 Å². The first kappa shape index (κ1) is 18.1. The van der Waals surface area contributed by atoms with Gasteiger partial charge in [-0.05, 0) is 35.8 Å². The molecule has 0 aliphatic heterocycles. The number of aliphatic hydroxyl groups is 1. The highest BCUT2D eigenvalue weighted by Gasteiger charge is 2.14. The van der Waals surface area contributed by atoms with E-state index in [0.717, 1.165) is 11.3 Å². The molecular formula is C12H16BrN5O3S2. The van der Waals surface area contributed by atoms with Crippen LogP contribution in [0, 0.1) is 0 Å². The van der Waals surface area contributed by atoms with Crippen LogP contribution in [-0.2, 0) is 10.0 Å². The van der Waals surface area contributed by atoms with E-state index in [1.165, 1.54) is 6.07 Å². The van der Waals surface area contributed by atoms with Crippen molar-refractivity contribution in [2.24, 2.45) is 5.14 Å². The fourth-order valence-corrected chi connectivity index (χ4v) is 3.37. The van der Waals surface area contributed by atoms with Crippen molar-refractivity contribution in [1.82, 2.24) is 9.97 Å². The van der Waals surface area contributed by atoms with E-state index in [0.29, 0.717) is 16.0 Å². The number of rotatable bonds is 6. The Kier molecular flexibility index (Phi) is 5.57. The number of aliphatic hydroxyl groups excluding tert-OH is 1. The summed E-state index contributed by atoms with van der Waals surface area (Å²) in [6.45, 7) is 3.50. The molecular weight excluding hydrogens is 406 g/mol. The lowest BCUT2D eigenvalue weighted by molar-refractivity contribution is 0.177. The van der Waals surface area contributed by atoms with Gasteiger partial charge in [0.1, 0.15) is 10.0 Å². The van der Waals surface area contributed by atoms with Gasteiger partial charge in [-0.15, -0.1) is 11.3 Å². The number of primary sulfonamides is 1. The number of aromatic nitrogens is 2. The zero-order valence-electron chi connectivity index (χ0n) is 12.3. The summed E-state index contributed by atoms with van der Waals surface area (Å²) in [6.07, 6.45) is 1.00. The normalized spacial score (nSPS) is 14.3. The molecule has 0 aromatic carbocycles. The van der Waals surface area contributed by atoms with Gasteiger partial charge in [0, 0.05) is 11.6 Å². The molecule has 0 amide bonds. The van der Waals surface area contributed by atoms with Crippen molar-refractivity contribution in [3.05, 3.63) is 22.1 Å². The van der Waals surface area contributed by atoms with Crippen LogP contribution in [0.1, 0.15) is 13.8 Å². The number of nitrogens with two attached hydrogens (primary N) is 1. The lowest BCUT2D eigenvalue weighted by Gasteiger charge is -2.18. The Morgan fingerprint density at radius 2 is 2.13 bits per heavy atom. The molecule has 0 spiro atoms. The number of halogens is 1. The van der Waals surface area contributed by atoms with E-state index in [-0.39, 0.29) is 16.2 Å². The Morgan fingerprint density at radius 1 is 1.43 bits per heavy atom. The fourth-order valence-electron chi connectivity index (χ4n) is 1.53. The third-order valence-electron chi connectivity index (χ3n) is 2.94. The molecule has 2 rings (SSSR count). The minimum absolute atomic E-state index is 0.0539. The Labute approximate surface area is 146 Å². The van der Waals surface area contributed by atoms with Crippen molar-refractivity contribution >= 4 is 54.7 Å². The van der Waals surface area contributed by atoms with Crippen LogP contribution in [0.15, 0.2) is 26.3 Å². The molecule has 2 aromatic heterocycles. The maximum Gasteiger partial charge on any atom is 0.247 e. The van der Waals surface area contributed by atoms with Crippen molar-refractivity contribution in [3.63, 3.8) is 0 Å². The molecule has 0 aliphatic rings. The average Bonchev–Trinajstić information content (AvgIpc) is 2.91. The quantitative estimate of drug-likeness (QED) is 0.559. The third kappa shape index (κ3) is 4.85. The molecule has 2 atom stereocenters. The van der Waals surface area contributed by atoms with Crippen LogP contribution in [0.5, 0.6) is 0 Å². The topological polar surface area (TPSA) is 130 Å². The van der Waals surface area contributed by atoms with Gasteiger partial charge >= 0.3 is 0 Å². The molecule has 0 bridgehead atoms. The van der Waals surface area contributed by atoms with Gasteiger partial charge in [-0.1, -0.05) is 0 Å². The highest BCUT2D eigenvalue weighted by molar-refractivity contribution is 9.10. The average molecular weight is 422 g/mol. The molecule has 0 unspecified atom stereocenters. The van der Waals surface area contributed by atoms with Crippen LogP contribution >= 0.6 is 27.3 Å². The van der Waals surface area contributed by atoms with Crippen LogP contribution in [0.4, 0.5) is 17.5 Å². The van der Waals surface area contributed by atoms with Gasteiger partial charge in [0.05, 0.1) is 22.3 Å². The number of hydrogen-bond donors (Lipinski definition) is 4. The van der Waals surface area contributed by atoms with Gasteiger partial charge in [-0.3, -0.25) is 0 Å². The highest BCUT2D eigenvalue weighted by Crippen LogP contribution is 2.26. The molecule has 5 N–H and O–H groups in total. The lowest BCUT2D eigenvalue weighted by Crippen LogP contribution is -2.28. The van der Waals surface area contributed by atoms with E-state index >= 15 is 0 Å². The summed E-state index contributed by atoms with van der Waals surface area (Å²) in [5.74, 6) is 0.796. The number of nitrogens with zero attached hydrogens (tertiary/aromatic N) is 2. The van der Waals surface area contributed by atoms with Crippen LogP contribution in [0.2, 0.25) is 0 Å². The van der Waals surface area contributed by atoms with E-state index in [1.54, 1.807) is 18.5 Å². The zero-order valence-corrected chi connectivity index (χ0v) is 15.5. The number of nitrogens with one attached hydrogen (secondary N) is 2. The van der Waals surface area contributed by atoms with E-state index in [1.807, 2.05) is 6.92 Å². The second-order valence-corrected chi connectivity index (χ2v) is 8.44. The molecule has 0 radical (unpaired) electrons. The summed E-state index contributed by atoms with van der Waals surface area (Å²) in [5.41, 5.74) is 0.524. The molecule has 0 fully saturated rings. The van der Waals surface area contributed by atoms with Crippen molar-refractivity contribution in [3.8, 4) is 0 Å². The maximum atomic E-state index is 11.3. The van der Waals surface area contributed by atoms with E-state index in [2.05, 4.69) is 36.5 Å². The van der Waals surface area contributed by atoms with Crippen LogP contribution in [0.25, 0.3) is 0 Å². The van der Waals surface area contributed by atoms with Gasteiger partial charge in [0.15, 0.2) is 0 Å². The summed E-state index contributed by atoms with van der Waals surface area (Å²) < 4.78 is 23.2. The Morgan fingerprint density at radius 3 is 2.70 bits per heavy atom. The molecule has 2 aromatic rings. The van der Waals surface area contributed by atoms with E-state index < -0.39 is 16.1 Å².